The first kappa shape index (κ1) is 13.1. The number of sulfonamides is 1. The van der Waals surface area contributed by atoms with Crippen LogP contribution in [0, 0.1) is 0 Å². The lowest BCUT2D eigenvalue weighted by Crippen LogP contribution is -2.29. The van der Waals surface area contributed by atoms with Crippen LogP contribution >= 0.6 is 31.9 Å². The van der Waals surface area contributed by atoms with Gasteiger partial charge in [0.05, 0.1) is 4.90 Å². The van der Waals surface area contributed by atoms with Crippen LogP contribution in [-0.2, 0) is 10.0 Å². The van der Waals surface area contributed by atoms with Gasteiger partial charge in [-0.25, -0.2) is 13.1 Å². The molecule has 15 heavy (non-hydrogen) atoms. The molecule has 0 aliphatic rings. The van der Waals surface area contributed by atoms with E-state index in [4.69, 9.17) is 5.73 Å². The fraction of sp³-hybridized carbons (Fsp3) is 0.250. The second kappa shape index (κ2) is 5.40. The summed E-state index contributed by atoms with van der Waals surface area (Å²) >= 11 is 6.44. The zero-order chi connectivity index (χ0) is 11.5. The fourth-order valence-electron chi connectivity index (χ4n) is 0.964. The smallest absolute Gasteiger partial charge is 0.241 e. The van der Waals surface area contributed by atoms with E-state index in [1.165, 1.54) is 6.07 Å². The van der Waals surface area contributed by atoms with Crippen molar-refractivity contribution in [2.45, 2.75) is 4.90 Å². The first-order valence-corrected chi connectivity index (χ1v) is 7.19. The minimum atomic E-state index is -3.47. The SMILES string of the molecule is NCCNS(=O)(=O)c1ccc(Br)cc1Br. The molecule has 1 aromatic rings. The highest BCUT2D eigenvalue weighted by Gasteiger charge is 2.16. The van der Waals surface area contributed by atoms with Crippen molar-refractivity contribution < 1.29 is 8.42 Å². The van der Waals surface area contributed by atoms with Gasteiger partial charge in [0.1, 0.15) is 0 Å². The van der Waals surface area contributed by atoms with Gasteiger partial charge in [0.25, 0.3) is 0 Å². The number of halogens is 2. The first-order chi connectivity index (χ1) is 6.97. The van der Waals surface area contributed by atoms with Crippen LogP contribution in [0.1, 0.15) is 0 Å². The van der Waals surface area contributed by atoms with Gasteiger partial charge >= 0.3 is 0 Å². The molecule has 0 aliphatic heterocycles. The molecule has 0 amide bonds. The summed E-state index contributed by atoms with van der Waals surface area (Å²) in [6.45, 7) is 0.498. The second-order valence-electron chi connectivity index (χ2n) is 2.76. The summed E-state index contributed by atoms with van der Waals surface area (Å²) in [4.78, 5) is 0.208. The Kier molecular flexibility index (Phi) is 4.72. The molecule has 0 fully saturated rings. The Hall–Kier alpha value is 0.0500. The normalized spacial score (nSPS) is 11.7. The maximum Gasteiger partial charge on any atom is 0.241 e. The first-order valence-electron chi connectivity index (χ1n) is 4.12. The second-order valence-corrected chi connectivity index (χ2v) is 6.27. The monoisotopic (exact) mass is 356 g/mol. The van der Waals surface area contributed by atoms with Gasteiger partial charge in [-0.2, -0.15) is 0 Å². The van der Waals surface area contributed by atoms with E-state index >= 15 is 0 Å². The van der Waals surface area contributed by atoms with Crippen LogP contribution in [0.15, 0.2) is 32.0 Å². The van der Waals surface area contributed by atoms with Crippen LogP contribution in [-0.4, -0.2) is 21.5 Å². The molecule has 4 nitrogen and oxygen atoms in total. The van der Waals surface area contributed by atoms with E-state index in [2.05, 4.69) is 36.6 Å². The molecule has 7 heteroatoms. The highest BCUT2D eigenvalue weighted by atomic mass is 79.9. The van der Waals surface area contributed by atoms with Gasteiger partial charge in [0, 0.05) is 22.0 Å². The summed E-state index contributed by atoms with van der Waals surface area (Å²) in [5, 5.41) is 0. The molecule has 0 aromatic heterocycles. The van der Waals surface area contributed by atoms with Crippen LogP contribution in [0.5, 0.6) is 0 Å². The number of benzene rings is 1. The van der Waals surface area contributed by atoms with Crippen molar-refractivity contribution in [3.05, 3.63) is 27.1 Å². The topological polar surface area (TPSA) is 72.2 Å². The number of hydrogen-bond acceptors (Lipinski definition) is 3. The molecule has 0 atom stereocenters. The zero-order valence-electron chi connectivity index (χ0n) is 7.70. The van der Waals surface area contributed by atoms with Crippen molar-refractivity contribution in [1.82, 2.24) is 4.72 Å². The number of hydrogen-bond donors (Lipinski definition) is 2. The van der Waals surface area contributed by atoms with E-state index in [9.17, 15) is 8.42 Å². The van der Waals surface area contributed by atoms with Gasteiger partial charge in [0.15, 0.2) is 0 Å². The molecular formula is C8H10Br2N2O2S. The lowest BCUT2D eigenvalue weighted by atomic mass is 10.4. The average molecular weight is 358 g/mol. The van der Waals surface area contributed by atoms with Gasteiger partial charge in [0.2, 0.25) is 10.0 Å². The van der Waals surface area contributed by atoms with Gasteiger partial charge in [-0.05, 0) is 34.1 Å². The predicted octanol–water partition coefficient (Wildman–Crippen LogP) is 1.45. The standard InChI is InChI=1S/C8H10Br2N2O2S/c9-6-1-2-8(7(10)5-6)15(13,14)12-4-3-11/h1-2,5,12H,3-4,11H2. The lowest BCUT2D eigenvalue weighted by molar-refractivity contribution is 0.581. The Morgan fingerprint density at radius 1 is 1.33 bits per heavy atom. The molecule has 0 bridgehead atoms. The minimum absolute atomic E-state index is 0.208. The minimum Gasteiger partial charge on any atom is -0.329 e. The maximum atomic E-state index is 11.7. The van der Waals surface area contributed by atoms with Crippen molar-refractivity contribution in [2.75, 3.05) is 13.1 Å². The fourth-order valence-corrected chi connectivity index (χ4v) is 3.76. The Morgan fingerprint density at radius 2 is 2.00 bits per heavy atom. The summed E-state index contributed by atoms with van der Waals surface area (Å²) in [5.74, 6) is 0. The Morgan fingerprint density at radius 3 is 2.53 bits per heavy atom. The summed E-state index contributed by atoms with van der Waals surface area (Å²) in [6, 6.07) is 4.87. The molecule has 0 unspecified atom stereocenters. The van der Waals surface area contributed by atoms with E-state index in [1.807, 2.05) is 0 Å². The molecular weight excluding hydrogens is 348 g/mol. The van der Waals surface area contributed by atoms with Crippen molar-refractivity contribution in [2.24, 2.45) is 5.73 Å². The summed E-state index contributed by atoms with van der Waals surface area (Å²) in [7, 11) is -3.47. The van der Waals surface area contributed by atoms with Crippen molar-refractivity contribution in [3.63, 3.8) is 0 Å². The molecule has 0 spiro atoms. The van der Waals surface area contributed by atoms with Crippen molar-refractivity contribution >= 4 is 41.9 Å². The zero-order valence-corrected chi connectivity index (χ0v) is 11.7. The van der Waals surface area contributed by atoms with Crippen LogP contribution in [0.2, 0.25) is 0 Å². The third-order valence-corrected chi connectivity index (χ3v) is 4.55. The molecule has 0 radical (unpaired) electrons. The maximum absolute atomic E-state index is 11.7. The highest BCUT2D eigenvalue weighted by Crippen LogP contribution is 2.25. The quantitative estimate of drug-likeness (QED) is 0.856. The number of nitrogens with one attached hydrogen (secondary N) is 1. The lowest BCUT2D eigenvalue weighted by Gasteiger charge is -2.07. The van der Waals surface area contributed by atoms with E-state index in [0.29, 0.717) is 4.47 Å². The summed E-state index contributed by atoms with van der Waals surface area (Å²) in [5.41, 5.74) is 5.23. The molecule has 0 saturated heterocycles. The third-order valence-electron chi connectivity index (χ3n) is 1.62. The molecule has 84 valence electrons. The van der Waals surface area contributed by atoms with Gasteiger partial charge in [-0.15, -0.1) is 0 Å². The van der Waals surface area contributed by atoms with Crippen LogP contribution in [0.3, 0.4) is 0 Å². The highest BCUT2D eigenvalue weighted by molar-refractivity contribution is 9.11. The molecule has 0 saturated carbocycles. The van der Waals surface area contributed by atoms with Crippen LogP contribution < -0.4 is 10.5 Å². The average Bonchev–Trinajstić information content (AvgIpc) is 2.14. The molecule has 0 heterocycles. The largest absolute Gasteiger partial charge is 0.329 e. The van der Waals surface area contributed by atoms with Crippen LogP contribution in [0.25, 0.3) is 0 Å². The van der Waals surface area contributed by atoms with E-state index in [1.54, 1.807) is 12.1 Å². The molecule has 3 N–H and O–H groups in total. The van der Waals surface area contributed by atoms with Crippen LogP contribution in [0.4, 0.5) is 0 Å². The molecule has 0 aliphatic carbocycles. The van der Waals surface area contributed by atoms with E-state index < -0.39 is 10.0 Å². The Bertz CT molecular complexity index is 448. The van der Waals surface area contributed by atoms with Gasteiger partial charge < -0.3 is 5.73 Å². The predicted molar refractivity (Wildman–Crippen MR) is 66.1 cm³/mol. The van der Waals surface area contributed by atoms with Crippen molar-refractivity contribution in [3.8, 4) is 0 Å². The number of rotatable bonds is 4. The molecule has 1 rings (SSSR count). The van der Waals surface area contributed by atoms with Gasteiger partial charge in [-0.1, -0.05) is 15.9 Å². The molecule has 1 aromatic carbocycles. The van der Waals surface area contributed by atoms with E-state index in [-0.39, 0.29) is 18.0 Å². The third kappa shape index (κ3) is 3.53. The Labute approximate surface area is 106 Å². The van der Waals surface area contributed by atoms with Crippen molar-refractivity contribution in [1.29, 1.82) is 0 Å². The number of nitrogens with two attached hydrogens (primary N) is 1. The van der Waals surface area contributed by atoms with Gasteiger partial charge in [-0.3, -0.25) is 0 Å². The Balaban J connectivity index is 3.05. The summed E-state index contributed by atoms with van der Waals surface area (Å²) in [6.07, 6.45) is 0. The summed E-state index contributed by atoms with van der Waals surface area (Å²) < 4.78 is 27.1. The van der Waals surface area contributed by atoms with E-state index in [0.717, 1.165) is 4.47 Å².